The number of thioether (sulfide) groups is 1. The first-order valence-electron chi connectivity index (χ1n) is 7.84. The number of hydrogen-bond acceptors (Lipinski definition) is 4. The summed E-state index contributed by atoms with van der Waals surface area (Å²) in [6.07, 6.45) is 0. The maximum atomic E-state index is 11.9. The predicted octanol–water partition coefficient (Wildman–Crippen LogP) is 4.27. The number of nitrogens with one attached hydrogen (secondary N) is 1. The van der Waals surface area contributed by atoms with E-state index in [1.165, 1.54) is 11.8 Å². The van der Waals surface area contributed by atoms with Crippen molar-refractivity contribution in [2.75, 3.05) is 12.4 Å². The van der Waals surface area contributed by atoms with Crippen molar-refractivity contribution in [3.63, 3.8) is 0 Å². The number of ether oxygens (including phenoxy) is 1. The number of hydrogen-bond donors (Lipinski definition) is 1. The molecule has 0 fully saturated rings. The van der Waals surface area contributed by atoms with Gasteiger partial charge in [-0.05, 0) is 43.2 Å². The smallest absolute Gasteiger partial charge is 0.316 e. The summed E-state index contributed by atoms with van der Waals surface area (Å²) in [6, 6.07) is 15.4. The molecule has 1 N–H and O–H groups in total. The summed E-state index contributed by atoms with van der Waals surface area (Å²) in [5.74, 6) is -0.548. The zero-order valence-electron chi connectivity index (χ0n) is 14.1. The van der Waals surface area contributed by atoms with E-state index >= 15 is 0 Å². The second-order valence-electron chi connectivity index (χ2n) is 5.56. The van der Waals surface area contributed by atoms with Crippen LogP contribution in [0.1, 0.15) is 24.1 Å². The number of benzene rings is 2. The number of carbonyl (C=O) groups excluding carboxylic acids is 2. The molecule has 25 heavy (non-hydrogen) atoms. The lowest BCUT2D eigenvalue weighted by Gasteiger charge is -2.14. The van der Waals surface area contributed by atoms with Gasteiger partial charge in [0, 0.05) is 9.37 Å². The normalized spacial score (nSPS) is 11.6. The number of halogens is 1. The summed E-state index contributed by atoms with van der Waals surface area (Å²) in [5, 5.41) is 2.81. The van der Waals surface area contributed by atoms with E-state index in [9.17, 15) is 9.59 Å². The van der Waals surface area contributed by atoms with Crippen LogP contribution < -0.4 is 5.32 Å². The van der Waals surface area contributed by atoms with Crippen LogP contribution in [0.3, 0.4) is 0 Å². The van der Waals surface area contributed by atoms with Crippen LogP contribution in [0.5, 0.6) is 0 Å². The van der Waals surface area contributed by atoms with Crippen LogP contribution in [0.2, 0.25) is 0 Å². The largest absolute Gasteiger partial charge is 0.455 e. The summed E-state index contributed by atoms with van der Waals surface area (Å²) in [5.41, 5.74) is 2.09. The van der Waals surface area contributed by atoms with Gasteiger partial charge in [-0.1, -0.05) is 46.3 Å². The van der Waals surface area contributed by atoms with Crippen LogP contribution in [0, 0.1) is 6.92 Å². The molecule has 4 nitrogen and oxygen atoms in total. The Kier molecular flexibility index (Phi) is 7.52. The number of carbonyl (C=O) groups is 2. The molecule has 0 aromatic heterocycles. The van der Waals surface area contributed by atoms with Gasteiger partial charge in [0.25, 0.3) is 5.91 Å². The fraction of sp³-hybridized carbons (Fsp3) is 0.263. The molecule has 0 heterocycles. The van der Waals surface area contributed by atoms with Gasteiger partial charge in [-0.3, -0.25) is 9.59 Å². The minimum atomic E-state index is -0.408. The molecule has 0 unspecified atom stereocenters. The fourth-order valence-corrected chi connectivity index (χ4v) is 3.49. The molecule has 0 saturated heterocycles. The van der Waals surface area contributed by atoms with E-state index in [4.69, 9.17) is 4.74 Å². The maximum absolute atomic E-state index is 11.9. The van der Waals surface area contributed by atoms with E-state index in [2.05, 4.69) is 21.2 Å². The highest BCUT2D eigenvalue weighted by Gasteiger charge is 2.12. The van der Waals surface area contributed by atoms with Crippen molar-refractivity contribution in [2.24, 2.45) is 0 Å². The van der Waals surface area contributed by atoms with Gasteiger partial charge in [0.15, 0.2) is 6.61 Å². The number of aryl methyl sites for hydroxylation is 1. The van der Waals surface area contributed by atoms with Crippen molar-refractivity contribution < 1.29 is 14.3 Å². The molecule has 1 atom stereocenters. The average Bonchev–Trinajstić information content (AvgIpc) is 2.60. The Bertz CT molecular complexity index is 737. The number of amides is 1. The highest BCUT2D eigenvalue weighted by Crippen LogP contribution is 2.25. The van der Waals surface area contributed by atoms with Gasteiger partial charge in [0.1, 0.15) is 0 Å². The molecule has 2 rings (SSSR count). The van der Waals surface area contributed by atoms with Crippen LogP contribution in [0.15, 0.2) is 57.9 Å². The van der Waals surface area contributed by atoms with Gasteiger partial charge in [-0.15, -0.1) is 11.8 Å². The minimum Gasteiger partial charge on any atom is -0.455 e. The lowest BCUT2D eigenvalue weighted by molar-refractivity contribution is -0.146. The Labute approximate surface area is 160 Å². The third-order valence-corrected chi connectivity index (χ3v) is 5.17. The van der Waals surface area contributed by atoms with Gasteiger partial charge in [-0.25, -0.2) is 0 Å². The molecule has 2 aromatic carbocycles. The highest BCUT2D eigenvalue weighted by molar-refractivity contribution is 9.10. The zero-order chi connectivity index (χ0) is 18.2. The Morgan fingerprint density at radius 2 is 1.92 bits per heavy atom. The van der Waals surface area contributed by atoms with Crippen molar-refractivity contribution in [3.05, 3.63) is 64.1 Å². The molecule has 0 aliphatic heterocycles. The maximum Gasteiger partial charge on any atom is 0.316 e. The number of rotatable bonds is 7. The van der Waals surface area contributed by atoms with Gasteiger partial charge in [0.05, 0.1) is 11.8 Å². The minimum absolute atomic E-state index is 0.132. The van der Waals surface area contributed by atoms with E-state index in [1.807, 2.05) is 62.4 Å². The molecule has 0 bridgehead atoms. The molecule has 1 amide bonds. The van der Waals surface area contributed by atoms with E-state index in [1.54, 1.807) is 0 Å². The summed E-state index contributed by atoms with van der Waals surface area (Å²) >= 11 is 4.81. The first-order chi connectivity index (χ1) is 12.0. The van der Waals surface area contributed by atoms with Crippen LogP contribution in [0.4, 0.5) is 0 Å². The predicted molar refractivity (Wildman–Crippen MR) is 104 cm³/mol. The number of esters is 1. The molecular formula is C19H20BrNO3S. The van der Waals surface area contributed by atoms with Crippen molar-refractivity contribution in [3.8, 4) is 0 Å². The van der Waals surface area contributed by atoms with Crippen molar-refractivity contribution in [1.82, 2.24) is 5.32 Å². The fourth-order valence-electron chi connectivity index (χ4n) is 2.21. The molecular weight excluding hydrogens is 402 g/mol. The zero-order valence-corrected chi connectivity index (χ0v) is 16.5. The third-order valence-electron chi connectivity index (χ3n) is 3.52. The topological polar surface area (TPSA) is 55.4 Å². The summed E-state index contributed by atoms with van der Waals surface area (Å²) < 4.78 is 6.05. The summed E-state index contributed by atoms with van der Waals surface area (Å²) in [4.78, 5) is 24.7. The monoisotopic (exact) mass is 421 g/mol. The molecule has 0 aliphatic carbocycles. The second-order valence-corrected chi connectivity index (χ2v) is 7.49. The Hall–Kier alpha value is -1.79. The molecule has 132 valence electrons. The average molecular weight is 422 g/mol. The lowest BCUT2D eigenvalue weighted by Crippen LogP contribution is -2.31. The molecule has 0 radical (unpaired) electrons. The van der Waals surface area contributed by atoms with Gasteiger partial charge >= 0.3 is 5.97 Å². The lowest BCUT2D eigenvalue weighted by atomic mass is 10.1. The second kappa shape index (κ2) is 9.63. The molecule has 2 aromatic rings. The summed E-state index contributed by atoms with van der Waals surface area (Å²) in [7, 11) is 0. The van der Waals surface area contributed by atoms with E-state index in [0.717, 1.165) is 20.5 Å². The summed E-state index contributed by atoms with van der Waals surface area (Å²) in [6.45, 7) is 3.61. The Morgan fingerprint density at radius 1 is 1.20 bits per heavy atom. The van der Waals surface area contributed by atoms with Gasteiger partial charge < -0.3 is 10.1 Å². The van der Waals surface area contributed by atoms with Gasteiger partial charge in [-0.2, -0.15) is 0 Å². The Morgan fingerprint density at radius 3 is 2.60 bits per heavy atom. The van der Waals surface area contributed by atoms with Crippen molar-refractivity contribution >= 4 is 39.6 Å². The van der Waals surface area contributed by atoms with E-state index in [0.29, 0.717) is 0 Å². The first-order valence-corrected chi connectivity index (χ1v) is 9.62. The molecule has 6 heteroatoms. The standard InChI is InChI=1S/C19H20BrNO3S/c1-13-10-16(20)8-9-17(13)25-12-19(23)24-11-18(22)21-14(2)15-6-4-3-5-7-15/h3-10,14H,11-12H2,1-2H3,(H,21,22)/t14-/m0/s1. The Balaban J connectivity index is 1.73. The van der Waals surface area contributed by atoms with Crippen LogP contribution >= 0.6 is 27.7 Å². The highest BCUT2D eigenvalue weighted by atomic mass is 79.9. The van der Waals surface area contributed by atoms with Crippen LogP contribution in [0.25, 0.3) is 0 Å². The van der Waals surface area contributed by atoms with Crippen molar-refractivity contribution in [1.29, 1.82) is 0 Å². The van der Waals surface area contributed by atoms with E-state index < -0.39 is 5.97 Å². The van der Waals surface area contributed by atoms with Crippen LogP contribution in [-0.4, -0.2) is 24.2 Å². The molecule has 0 saturated carbocycles. The molecule has 0 spiro atoms. The van der Waals surface area contributed by atoms with Crippen molar-refractivity contribution in [2.45, 2.75) is 24.8 Å². The van der Waals surface area contributed by atoms with E-state index in [-0.39, 0.29) is 24.3 Å². The quantitative estimate of drug-likeness (QED) is 0.535. The third kappa shape index (κ3) is 6.55. The first kappa shape index (κ1) is 19.5. The SMILES string of the molecule is Cc1cc(Br)ccc1SCC(=O)OCC(=O)N[C@@H](C)c1ccccc1. The van der Waals surface area contributed by atoms with Gasteiger partial charge in [0.2, 0.25) is 0 Å². The molecule has 0 aliphatic rings. The van der Waals surface area contributed by atoms with Crippen LogP contribution in [-0.2, 0) is 14.3 Å².